The van der Waals surface area contributed by atoms with Gasteiger partial charge in [0.15, 0.2) is 11.5 Å². The number of hydrogen-bond donors (Lipinski definition) is 2. The molecule has 0 fully saturated rings. The molecule has 27 heavy (non-hydrogen) atoms. The van der Waals surface area contributed by atoms with Crippen LogP contribution < -0.4 is 19.5 Å². The lowest BCUT2D eigenvalue weighted by Gasteiger charge is -2.21. The van der Waals surface area contributed by atoms with E-state index in [9.17, 15) is 13.2 Å². The van der Waals surface area contributed by atoms with Gasteiger partial charge in [-0.3, -0.25) is 9.52 Å². The SMILES string of the molecule is CC(NC(=O)c1cc(NS(C)(=O)=O)ccc1Cl)c1ccc2c(c1)OCCO2. The number of nitrogens with one attached hydrogen (secondary N) is 2. The first kappa shape index (κ1) is 19.3. The van der Waals surface area contributed by atoms with Crippen molar-refractivity contribution >= 4 is 33.2 Å². The second-order valence-corrected chi connectivity index (χ2v) is 8.32. The predicted octanol–water partition coefficient (Wildman–Crippen LogP) is 2.97. The summed E-state index contributed by atoms with van der Waals surface area (Å²) in [6.45, 7) is 2.82. The van der Waals surface area contributed by atoms with E-state index < -0.39 is 15.9 Å². The molecule has 1 aliphatic rings. The maximum atomic E-state index is 12.6. The van der Waals surface area contributed by atoms with Crippen LogP contribution in [0.4, 0.5) is 5.69 Å². The van der Waals surface area contributed by atoms with E-state index in [0.717, 1.165) is 11.8 Å². The van der Waals surface area contributed by atoms with Gasteiger partial charge >= 0.3 is 0 Å². The molecular weight excluding hydrogens is 392 g/mol. The molecule has 2 aromatic rings. The van der Waals surface area contributed by atoms with Gasteiger partial charge in [0.25, 0.3) is 5.91 Å². The number of fused-ring (bicyclic) bond motifs is 1. The fraction of sp³-hybridized carbons (Fsp3) is 0.278. The normalized spacial score (nSPS) is 14.3. The lowest BCUT2D eigenvalue weighted by atomic mass is 10.1. The molecule has 2 N–H and O–H groups in total. The maximum Gasteiger partial charge on any atom is 0.253 e. The quantitative estimate of drug-likeness (QED) is 0.790. The second-order valence-electron chi connectivity index (χ2n) is 6.17. The summed E-state index contributed by atoms with van der Waals surface area (Å²) < 4.78 is 36.1. The summed E-state index contributed by atoms with van der Waals surface area (Å²) in [5.41, 5.74) is 1.28. The van der Waals surface area contributed by atoms with Crippen LogP contribution in [-0.2, 0) is 10.0 Å². The minimum atomic E-state index is -3.46. The standard InChI is InChI=1S/C18H19ClN2O5S/c1-11(12-3-6-16-17(9-12)26-8-7-25-16)20-18(22)14-10-13(4-5-15(14)19)21-27(2,23)24/h3-6,9-11,21H,7-8H2,1-2H3,(H,20,22). The highest BCUT2D eigenvalue weighted by atomic mass is 35.5. The molecule has 3 rings (SSSR count). The third-order valence-electron chi connectivity index (χ3n) is 3.93. The monoisotopic (exact) mass is 410 g/mol. The van der Waals surface area contributed by atoms with Crippen LogP contribution in [0.1, 0.15) is 28.9 Å². The van der Waals surface area contributed by atoms with Crippen LogP contribution in [0.2, 0.25) is 5.02 Å². The third-order valence-corrected chi connectivity index (χ3v) is 4.86. The van der Waals surface area contributed by atoms with Crippen molar-refractivity contribution in [1.29, 1.82) is 0 Å². The van der Waals surface area contributed by atoms with Gasteiger partial charge in [-0.25, -0.2) is 8.42 Å². The summed E-state index contributed by atoms with van der Waals surface area (Å²) in [5.74, 6) is 0.892. The topological polar surface area (TPSA) is 93.7 Å². The van der Waals surface area contributed by atoms with E-state index in [1.165, 1.54) is 18.2 Å². The lowest BCUT2D eigenvalue weighted by molar-refractivity contribution is 0.0940. The van der Waals surface area contributed by atoms with Gasteiger partial charge in [0.05, 0.1) is 22.9 Å². The molecule has 0 aromatic heterocycles. The van der Waals surface area contributed by atoms with Gasteiger partial charge in [0, 0.05) is 5.69 Å². The van der Waals surface area contributed by atoms with Gasteiger partial charge in [-0.1, -0.05) is 17.7 Å². The zero-order chi connectivity index (χ0) is 19.6. The Hall–Kier alpha value is -2.45. The zero-order valence-corrected chi connectivity index (χ0v) is 16.4. The van der Waals surface area contributed by atoms with Gasteiger partial charge in [0.1, 0.15) is 13.2 Å². The number of carbonyl (C=O) groups excluding carboxylic acids is 1. The van der Waals surface area contributed by atoms with Crippen LogP contribution in [0, 0.1) is 0 Å². The Morgan fingerprint density at radius 2 is 1.81 bits per heavy atom. The second kappa shape index (κ2) is 7.66. The first-order valence-corrected chi connectivity index (χ1v) is 10.5. The van der Waals surface area contributed by atoms with E-state index in [4.69, 9.17) is 21.1 Å². The molecular formula is C18H19ClN2O5S. The van der Waals surface area contributed by atoms with Crippen molar-refractivity contribution in [3.05, 3.63) is 52.5 Å². The summed E-state index contributed by atoms with van der Waals surface area (Å²) in [6.07, 6.45) is 1.03. The Morgan fingerprint density at radius 1 is 1.11 bits per heavy atom. The molecule has 0 radical (unpaired) electrons. The largest absolute Gasteiger partial charge is 0.486 e. The van der Waals surface area contributed by atoms with Gasteiger partial charge < -0.3 is 14.8 Å². The number of halogens is 1. The van der Waals surface area contributed by atoms with Crippen molar-refractivity contribution in [2.45, 2.75) is 13.0 Å². The Kier molecular flexibility index (Phi) is 5.48. The molecule has 1 unspecified atom stereocenters. The number of anilines is 1. The zero-order valence-electron chi connectivity index (χ0n) is 14.8. The number of rotatable bonds is 5. The van der Waals surface area contributed by atoms with E-state index >= 15 is 0 Å². The van der Waals surface area contributed by atoms with Crippen molar-refractivity contribution in [3.8, 4) is 11.5 Å². The van der Waals surface area contributed by atoms with E-state index in [1.54, 1.807) is 6.07 Å². The summed E-state index contributed by atoms with van der Waals surface area (Å²) in [4.78, 5) is 12.6. The highest BCUT2D eigenvalue weighted by molar-refractivity contribution is 7.92. The van der Waals surface area contributed by atoms with Crippen LogP contribution in [-0.4, -0.2) is 33.8 Å². The number of ether oxygens (including phenoxy) is 2. The molecule has 1 aliphatic heterocycles. The molecule has 2 aromatic carbocycles. The van der Waals surface area contributed by atoms with E-state index in [0.29, 0.717) is 24.7 Å². The van der Waals surface area contributed by atoms with Crippen LogP contribution in [0.3, 0.4) is 0 Å². The van der Waals surface area contributed by atoms with E-state index in [2.05, 4.69) is 10.0 Å². The molecule has 0 bridgehead atoms. The maximum absolute atomic E-state index is 12.6. The average Bonchev–Trinajstić information content (AvgIpc) is 2.61. The van der Waals surface area contributed by atoms with Gasteiger partial charge in [-0.2, -0.15) is 0 Å². The molecule has 7 nitrogen and oxygen atoms in total. The summed E-state index contributed by atoms with van der Waals surface area (Å²) in [5, 5.41) is 3.08. The molecule has 1 heterocycles. The van der Waals surface area contributed by atoms with Gasteiger partial charge in [0.2, 0.25) is 10.0 Å². The fourth-order valence-electron chi connectivity index (χ4n) is 2.66. The Balaban J connectivity index is 1.77. The summed E-state index contributed by atoms with van der Waals surface area (Å²) >= 11 is 6.11. The number of benzene rings is 2. The van der Waals surface area contributed by atoms with E-state index in [1.807, 2.05) is 19.1 Å². The minimum absolute atomic E-state index is 0.176. The Labute approximate surface area is 162 Å². The summed E-state index contributed by atoms with van der Waals surface area (Å²) in [6, 6.07) is 9.51. The molecule has 1 amide bonds. The van der Waals surface area contributed by atoms with Crippen LogP contribution in [0.15, 0.2) is 36.4 Å². The van der Waals surface area contributed by atoms with Crippen molar-refractivity contribution in [1.82, 2.24) is 5.32 Å². The molecule has 0 saturated heterocycles. The van der Waals surface area contributed by atoms with Crippen molar-refractivity contribution in [3.63, 3.8) is 0 Å². The Bertz CT molecular complexity index is 978. The highest BCUT2D eigenvalue weighted by Crippen LogP contribution is 2.32. The Morgan fingerprint density at radius 3 is 2.52 bits per heavy atom. The minimum Gasteiger partial charge on any atom is -0.486 e. The van der Waals surface area contributed by atoms with Crippen molar-refractivity contribution in [2.24, 2.45) is 0 Å². The number of carbonyl (C=O) groups is 1. The molecule has 0 aliphatic carbocycles. The van der Waals surface area contributed by atoms with Gasteiger partial charge in [-0.05, 0) is 42.8 Å². The van der Waals surface area contributed by atoms with Crippen molar-refractivity contribution in [2.75, 3.05) is 24.2 Å². The van der Waals surface area contributed by atoms with Crippen LogP contribution in [0.5, 0.6) is 11.5 Å². The number of amides is 1. The van der Waals surface area contributed by atoms with Crippen LogP contribution >= 0.6 is 11.6 Å². The molecule has 0 spiro atoms. The lowest BCUT2D eigenvalue weighted by Crippen LogP contribution is -2.27. The summed E-state index contributed by atoms with van der Waals surface area (Å²) in [7, 11) is -3.46. The predicted molar refractivity (Wildman–Crippen MR) is 103 cm³/mol. The smallest absolute Gasteiger partial charge is 0.253 e. The van der Waals surface area contributed by atoms with Gasteiger partial charge in [-0.15, -0.1) is 0 Å². The first-order chi connectivity index (χ1) is 12.7. The van der Waals surface area contributed by atoms with Crippen LogP contribution in [0.25, 0.3) is 0 Å². The van der Waals surface area contributed by atoms with E-state index in [-0.39, 0.29) is 22.3 Å². The third kappa shape index (κ3) is 4.84. The number of hydrogen-bond acceptors (Lipinski definition) is 5. The average molecular weight is 411 g/mol. The highest BCUT2D eigenvalue weighted by Gasteiger charge is 2.18. The number of sulfonamides is 1. The first-order valence-electron chi connectivity index (χ1n) is 8.21. The fourth-order valence-corrected chi connectivity index (χ4v) is 3.42. The molecule has 9 heteroatoms. The molecule has 0 saturated carbocycles. The van der Waals surface area contributed by atoms with Crippen molar-refractivity contribution < 1.29 is 22.7 Å². The molecule has 1 atom stereocenters. The molecule has 144 valence electrons.